The molecule has 1 aliphatic rings. The number of urea groups is 1. The zero-order valence-electron chi connectivity index (χ0n) is 10.8. The van der Waals surface area contributed by atoms with Gasteiger partial charge in [-0.25, -0.2) is 4.79 Å². The Morgan fingerprint density at radius 1 is 1.44 bits per heavy atom. The summed E-state index contributed by atoms with van der Waals surface area (Å²) in [4.78, 5) is 14.0. The fourth-order valence-electron chi connectivity index (χ4n) is 2.20. The van der Waals surface area contributed by atoms with Crippen LogP contribution in [-0.4, -0.2) is 35.5 Å². The topological polar surface area (TPSA) is 32.3 Å². The van der Waals surface area contributed by atoms with Crippen LogP contribution >= 0.6 is 11.8 Å². The minimum Gasteiger partial charge on any atom is -0.334 e. The number of hydrogen-bond acceptors (Lipinski definition) is 2. The molecule has 2 rings (SSSR count). The third kappa shape index (κ3) is 3.67. The average molecular weight is 264 g/mol. The molecular formula is C14H20N2OS. The zero-order valence-corrected chi connectivity index (χ0v) is 11.6. The number of benzene rings is 1. The van der Waals surface area contributed by atoms with E-state index in [4.69, 9.17) is 0 Å². The maximum atomic E-state index is 12.0. The Morgan fingerprint density at radius 3 is 2.94 bits per heavy atom. The van der Waals surface area contributed by atoms with Gasteiger partial charge in [-0.15, -0.1) is 0 Å². The lowest BCUT2D eigenvalue weighted by Crippen LogP contribution is -2.46. The first-order valence-electron chi connectivity index (χ1n) is 6.39. The van der Waals surface area contributed by atoms with E-state index in [0.717, 1.165) is 25.1 Å². The van der Waals surface area contributed by atoms with Crippen LogP contribution in [0.25, 0.3) is 0 Å². The van der Waals surface area contributed by atoms with Crippen molar-refractivity contribution in [3.8, 4) is 0 Å². The molecule has 4 heteroatoms. The van der Waals surface area contributed by atoms with E-state index in [9.17, 15) is 4.79 Å². The molecule has 0 spiro atoms. The van der Waals surface area contributed by atoms with Gasteiger partial charge in [0, 0.05) is 24.9 Å². The monoisotopic (exact) mass is 264 g/mol. The van der Waals surface area contributed by atoms with Crippen LogP contribution in [0.15, 0.2) is 30.3 Å². The van der Waals surface area contributed by atoms with E-state index in [-0.39, 0.29) is 6.03 Å². The summed E-state index contributed by atoms with van der Waals surface area (Å²) < 4.78 is 0. The number of amides is 2. The van der Waals surface area contributed by atoms with Gasteiger partial charge in [0.2, 0.25) is 0 Å². The lowest BCUT2D eigenvalue weighted by Gasteiger charge is -2.31. The van der Waals surface area contributed by atoms with Crippen molar-refractivity contribution < 1.29 is 4.79 Å². The number of carbonyl (C=O) groups excluding carboxylic acids is 1. The molecular weight excluding hydrogens is 244 g/mol. The standard InChI is InChI=1S/C14H20N2OS/c1-18-13-8-5-9-16(11-13)14(17)15-10-12-6-3-2-4-7-12/h2-4,6-7,13H,5,8-11H2,1H3,(H,15,17). The van der Waals surface area contributed by atoms with Crippen LogP contribution in [0.2, 0.25) is 0 Å². The lowest BCUT2D eigenvalue weighted by molar-refractivity contribution is 0.187. The van der Waals surface area contributed by atoms with Crippen LogP contribution in [0.5, 0.6) is 0 Å². The molecule has 1 N–H and O–H groups in total. The van der Waals surface area contributed by atoms with Gasteiger partial charge in [-0.3, -0.25) is 0 Å². The minimum absolute atomic E-state index is 0.0672. The number of carbonyl (C=O) groups is 1. The van der Waals surface area contributed by atoms with E-state index in [0.29, 0.717) is 11.8 Å². The Balaban J connectivity index is 1.81. The second-order valence-electron chi connectivity index (χ2n) is 4.59. The third-order valence-electron chi connectivity index (χ3n) is 3.29. The minimum atomic E-state index is 0.0672. The van der Waals surface area contributed by atoms with Crippen LogP contribution in [0.1, 0.15) is 18.4 Å². The van der Waals surface area contributed by atoms with Crippen LogP contribution in [0, 0.1) is 0 Å². The summed E-state index contributed by atoms with van der Waals surface area (Å²) >= 11 is 1.86. The summed E-state index contributed by atoms with van der Waals surface area (Å²) in [5.74, 6) is 0. The molecule has 18 heavy (non-hydrogen) atoms. The van der Waals surface area contributed by atoms with Gasteiger partial charge in [0.25, 0.3) is 0 Å². The zero-order chi connectivity index (χ0) is 12.8. The first kappa shape index (κ1) is 13.3. The predicted molar refractivity (Wildman–Crippen MR) is 76.8 cm³/mol. The molecule has 0 aromatic heterocycles. The fourth-order valence-corrected chi connectivity index (χ4v) is 2.93. The first-order valence-corrected chi connectivity index (χ1v) is 7.68. The van der Waals surface area contributed by atoms with Crippen molar-refractivity contribution in [1.29, 1.82) is 0 Å². The Hall–Kier alpha value is -1.16. The molecule has 1 unspecified atom stereocenters. The smallest absolute Gasteiger partial charge is 0.317 e. The van der Waals surface area contributed by atoms with E-state index in [2.05, 4.69) is 11.6 Å². The van der Waals surface area contributed by atoms with Crippen molar-refractivity contribution in [2.45, 2.75) is 24.6 Å². The first-order chi connectivity index (χ1) is 8.79. The lowest BCUT2D eigenvalue weighted by atomic mass is 10.1. The number of hydrogen-bond donors (Lipinski definition) is 1. The van der Waals surface area contributed by atoms with E-state index < -0.39 is 0 Å². The highest BCUT2D eigenvalue weighted by molar-refractivity contribution is 7.99. The van der Waals surface area contributed by atoms with Gasteiger partial charge in [-0.05, 0) is 24.7 Å². The van der Waals surface area contributed by atoms with E-state index in [1.807, 2.05) is 47.0 Å². The van der Waals surface area contributed by atoms with Gasteiger partial charge in [0.05, 0.1) is 0 Å². The highest BCUT2D eigenvalue weighted by Gasteiger charge is 2.22. The number of nitrogens with one attached hydrogen (secondary N) is 1. The van der Waals surface area contributed by atoms with Crippen molar-refractivity contribution in [2.75, 3.05) is 19.3 Å². The Bertz CT molecular complexity index is 383. The molecule has 0 saturated carbocycles. The Labute approximate surface area is 113 Å². The highest BCUT2D eigenvalue weighted by Crippen LogP contribution is 2.20. The van der Waals surface area contributed by atoms with Crippen LogP contribution in [0.3, 0.4) is 0 Å². The second kappa shape index (κ2) is 6.69. The molecule has 98 valence electrons. The number of likely N-dealkylation sites (tertiary alicyclic amines) is 1. The molecule has 1 heterocycles. The Morgan fingerprint density at radius 2 is 2.22 bits per heavy atom. The molecule has 0 bridgehead atoms. The molecule has 1 aliphatic heterocycles. The molecule has 1 fully saturated rings. The van der Waals surface area contributed by atoms with Crippen LogP contribution in [0.4, 0.5) is 4.79 Å². The van der Waals surface area contributed by atoms with Gasteiger partial charge in [0.15, 0.2) is 0 Å². The normalized spacial score (nSPS) is 19.6. The van der Waals surface area contributed by atoms with E-state index in [1.165, 1.54) is 6.42 Å². The summed E-state index contributed by atoms with van der Waals surface area (Å²) in [6.45, 7) is 2.37. The van der Waals surface area contributed by atoms with Gasteiger partial charge >= 0.3 is 6.03 Å². The van der Waals surface area contributed by atoms with Crippen molar-refractivity contribution in [1.82, 2.24) is 10.2 Å². The maximum Gasteiger partial charge on any atom is 0.317 e. The van der Waals surface area contributed by atoms with Gasteiger partial charge in [0.1, 0.15) is 0 Å². The Kier molecular flexibility index (Phi) is 4.93. The van der Waals surface area contributed by atoms with Crippen LogP contribution < -0.4 is 5.32 Å². The predicted octanol–water partition coefficient (Wildman–Crippen LogP) is 2.72. The fraction of sp³-hybridized carbons (Fsp3) is 0.500. The molecule has 1 aromatic carbocycles. The molecule has 2 amide bonds. The van der Waals surface area contributed by atoms with Crippen molar-refractivity contribution >= 4 is 17.8 Å². The molecule has 1 saturated heterocycles. The second-order valence-corrected chi connectivity index (χ2v) is 5.73. The van der Waals surface area contributed by atoms with E-state index in [1.54, 1.807) is 0 Å². The van der Waals surface area contributed by atoms with Crippen molar-refractivity contribution in [2.24, 2.45) is 0 Å². The summed E-state index contributed by atoms with van der Waals surface area (Å²) in [6, 6.07) is 10.1. The van der Waals surface area contributed by atoms with Gasteiger partial charge in [-0.2, -0.15) is 11.8 Å². The molecule has 3 nitrogen and oxygen atoms in total. The number of rotatable bonds is 3. The quantitative estimate of drug-likeness (QED) is 0.910. The maximum absolute atomic E-state index is 12.0. The summed E-state index contributed by atoms with van der Waals surface area (Å²) in [6.07, 6.45) is 4.46. The molecule has 0 aliphatic carbocycles. The van der Waals surface area contributed by atoms with E-state index >= 15 is 0 Å². The van der Waals surface area contributed by atoms with Crippen molar-refractivity contribution in [3.63, 3.8) is 0 Å². The highest BCUT2D eigenvalue weighted by atomic mass is 32.2. The molecule has 1 atom stereocenters. The number of thioether (sulfide) groups is 1. The summed E-state index contributed by atoms with van der Waals surface area (Å²) in [7, 11) is 0. The van der Waals surface area contributed by atoms with Crippen molar-refractivity contribution in [3.05, 3.63) is 35.9 Å². The average Bonchev–Trinajstić information content (AvgIpc) is 2.46. The van der Waals surface area contributed by atoms with Gasteiger partial charge in [-0.1, -0.05) is 30.3 Å². The number of piperidine rings is 1. The summed E-state index contributed by atoms with van der Waals surface area (Å²) in [5, 5.41) is 3.59. The number of nitrogens with zero attached hydrogens (tertiary/aromatic N) is 1. The molecule has 1 aromatic rings. The largest absolute Gasteiger partial charge is 0.334 e. The SMILES string of the molecule is CSC1CCCN(C(=O)NCc2ccccc2)C1. The van der Waals surface area contributed by atoms with Gasteiger partial charge < -0.3 is 10.2 Å². The molecule has 0 radical (unpaired) electrons. The third-order valence-corrected chi connectivity index (χ3v) is 4.34. The van der Waals surface area contributed by atoms with Crippen LogP contribution in [-0.2, 0) is 6.54 Å². The summed E-state index contributed by atoms with van der Waals surface area (Å²) in [5.41, 5.74) is 1.14.